The van der Waals surface area contributed by atoms with E-state index >= 15 is 0 Å². The summed E-state index contributed by atoms with van der Waals surface area (Å²) >= 11 is 1.43. The molecule has 4 aromatic heterocycles. The third kappa shape index (κ3) is 4.19. The molecule has 0 unspecified atom stereocenters. The highest BCUT2D eigenvalue weighted by molar-refractivity contribution is 7.98. The molecule has 1 saturated heterocycles. The van der Waals surface area contributed by atoms with Gasteiger partial charge in [-0.1, -0.05) is 11.8 Å². The number of piperidine rings is 1. The van der Waals surface area contributed by atoms with Gasteiger partial charge < -0.3 is 10.0 Å². The minimum absolute atomic E-state index is 0.262. The second-order valence-corrected chi connectivity index (χ2v) is 9.18. The van der Waals surface area contributed by atoms with Crippen molar-refractivity contribution in [3.63, 3.8) is 0 Å². The van der Waals surface area contributed by atoms with E-state index in [0.29, 0.717) is 58.9 Å². The monoisotopic (exact) mass is 493 g/mol. The number of aliphatic hydroxyl groups is 1. The molecule has 0 saturated carbocycles. The zero-order chi connectivity index (χ0) is 24.7. The van der Waals surface area contributed by atoms with Crippen molar-refractivity contribution < 1.29 is 9.90 Å². The number of nitrogens with one attached hydrogen (secondary N) is 1. The zero-order valence-corrected chi connectivity index (χ0v) is 19.9. The van der Waals surface area contributed by atoms with Crippen LogP contribution in [0.3, 0.4) is 0 Å². The molecule has 5 heterocycles. The van der Waals surface area contributed by atoms with Crippen molar-refractivity contribution in [3.8, 4) is 11.3 Å². The van der Waals surface area contributed by atoms with E-state index in [1.807, 2.05) is 6.26 Å². The van der Waals surface area contributed by atoms with Gasteiger partial charge in [0, 0.05) is 43.3 Å². The molecule has 1 atom stereocenters. The molecule has 0 aliphatic carbocycles. The summed E-state index contributed by atoms with van der Waals surface area (Å²) in [6, 6.07) is 3.33. The molecule has 0 spiro atoms. The van der Waals surface area contributed by atoms with Crippen molar-refractivity contribution in [2.24, 2.45) is 0 Å². The molecule has 1 aliphatic rings. The Balaban J connectivity index is 1.65. The van der Waals surface area contributed by atoms with Gasteiger partial charge in [0.15, 0.2) is 5.16 Å². The first-order valence-electron chi connectivity index (χ1n) is 11.1. The largest absolute Gasteiger partial charge is 0.384 e. The first kappa shape index (κ1) is 23.1. The van der Waals surface area contributed by atoms with Crippen LogP contribution in [-0.4, -0.2) is 70.8 Å². The van der Waals surface area contributed by atoms with E-state index in [-0.39, 0.29) is 17.3 Å². The standard InChI is InChI=1S/C23H23N7O4S/c1-12(31)21(33)29-7-5-14(6-8-29)30-19-15(20(32)28-23(30)34)11-24-17-4-3-16(27-18(17)19)13-9-25-22(35-2)26-10-13/h3-4,9-12,14,31H,5-8H2,1-2H3,(H,28,32,34)/t12-/m1/s1. The summed E-state index contributed by atoms with van der Waals surface area (Å²) in [5.74, 6) is -0.335. The Kier molecular flexibility index (Phi) is 6.07. The van der Waals surface area contributed by atoms with E-state index < -0.39 is 17.4 Å². The van der Waals surface area contributed by atoms with Crippen molar-refractivity contribution in [1.82, 2.24) is 34.4 Å². The van der Waals surface area contributed by atoms with Crippen LogP contribution >= 0.6 is 11.8 Å². The number of nitrogens with zero attached hydrogens (tertiary/aromatic N) is 6. The van der Waals surface area contributed by atoms with Crippen LogP contribution in [0, 0.1) is 0 Å². The Labute approximate surface area is 203 Å². The van der Waals surface area contributed by atoms with Gasteiger partial charge in [0.05, 0.1) is 22.1 Å². The Morgan fingerprint density at radius 3 is 2.51 bits per heavy atom. The molecule has 1 fully saturated rings. The molecule has 0 radical (unpaired) electrons. The second kappa shape index (κ2) is 9.19. The molecule has 0 bridgehead atoms. The molecule has 4 aromatic rings. The molecule has 12 heteroatoms. The third-order valence-corrected chi connectivity index (χ3v) is 6.79. The molecule has 1 aliphatic heterocycles. The highest BCUT2D eigenvalue weighted by Crippen LogP contribution is 2.29. The third-order valence-electron chi connectivity index (χ3n) is 6.22. The van der Waals surface area contributed by atoms with Gasteiger partial charge in [-0.25, -0.2) is 19.7 Å². The van der Waals surface area contributed by atoms with Gasteiger partial charge in [-0.15, -0.1) is 0 Å². The Morgan fingerprint density at radius 1 is 1.14 bits per heavy atom. The van der Waals surface area contributed by atoms with Gasteiger partial charge in [-0.05, 0) is 38.2 Å². The Bertz CT molecular complexity index is 1540. The number of hydrogen-bond donors (Lipinski definition) is 2. The SMILES string of the molecule is CSc1ncc(-c2ccc3ncc4c(=O)[nH]c(=O)n(C5CCN(C(=O)[C@@H](C)O)CC5)c4c3n2)cn1. The molecule has 35 heavy (non-hydrogen) atoms. The molecule has 180 valence electrons. The molecule has 1 amide bonds. The summed E-state index contributed by atoms with van der Waals surface area (Å²) in [6.07, 6.45) is 6.62. The number of amides is 1. The topological polar surface area (TPSA) is 147 Å². The zero-order valence-electron chi connectivity index (χ0n) is 19.1. The van der Waals surface area contributed by atoms with Crippen molar-refractivity contribution >= 4 is 39.6 Å². The second-order valence-electron chi connectivity index (χ2n) is 8.40. The van der Waals surface area contributed by atoms with Crippen LogP contribution < -0.4 is 11.2 Å². The Hall–Kier alpha value is -3.64. The number of pyridine rings is 2. The normalized spacial score (nSPS) is 15.6. The van der Waals surface area contributed by atoms with E-state index in [2.05, 4.69) is 19.9 Å². The van der Waals surface area contributed by atoms with E-state index in [4.69, 9.17) is 4.98 Å². The maximum Gasteiger partial charge on any atom is 0.329 e. The van der Waals surface area contributed by atoms with Gasteiger partial charge in [0.2, 0.25) is 0 Å². The van der Waals surface area contributed by atoms with Crippen LogP contribution in [0.1, 0.15) is 25.8 Å². The molecule has 5 rings (SSSR count). The van der Waals surface area contributed by atoms with Crippen LogP contribution in [-0.2, 0) is 4.79 Å². The van der Waals surface area contributed by atoms with Gasteiger partial charge in [0.25, 0.3) is 11.5 Å². The summed E-state index contributed by atoms with van der Waals surface area (Å²) in [7, 11) is 0. The van der Waals surface area contributed by atoms with Crippen molar-refractivity contribution in [3.05, 3.63) is 51.6 Å². The molecule has 11 nitrogen and oxygen atoms in total. The van der Waals surface area contributed by atoms with Crippen molar-refractivity contribution in [1.29, 1.82) is 0 Å². The maximum atomic E-state index is 13.1. The fourth-order valence-corrected chi connectivity index (χ4v) is 4.78. The minimum Gasteiger partial charge on any atom is -0.384 e. The summed E-state index contributed by atoms with van der Waals surface area (Å²) in [6.45, 7) is 2.22. The number of aliphatic hydroxyl groups excluding tert-OH is 1. The number of rotatable bonds is 4. The maximum absolute atomic E-state index is 13.1. The lowest BCUT2D eigenvalue weighted by Crippen LogP contribution is -2.45. The van der Waals surface area contributed by atoms with E-state index in [1.165, 1.54) is 24.9 Å². The number of carbonyl (C=O) groups is 1. The summed E-state index contributed by atoms with van der Waals surface area (Å²) in [5, 5.41) is 10.5. The summed E-state index contributed by atoms with van der Waals surface area (Å²) in [5.41, 5.74) is 1.62. The average Bonchev–Trinajstić information content (AvgIpc) is 2.88. The lowest BCUT2D eigenvalue weighted by atomic mass is 10.0. The predicted octanol–water partition coefficient (Wildman–Crippen LogP) is 1.36. The summed E-state index contributed by atoms with van der Waals surface area (Å²) < 4.78 is 1.56. The molecule has 0 aromatic carbocycles. The highest BCUT2D eigenvalue weighted by Gasteiger charge is 2.28. The van der Waals surface area contributed by atoms with E-state index in [1.54, 1.807) is 34.0 Å². The number of aromatic amines is 1. The number of thioether (sulfide) groups is 1. The summed E-state index contributed by atoms with van der Waals surface area (Å²) in [4.78, 5) is 59.7. The average molecular weight is 494 g/mol. The van der Waals surface area contributed by atoms with Crippen LogP contribution in [0.5, 0.6) is 0 Å². The van der Waals surface area contributed by atoms with Crippen LogP contribution in [0.2, 0.25) is 0 Å². The molecular weight excluding hydrogens is 470 g/mol. The fourth-order valence-electron chi connectivity index (χ4n) is 4.46. The van der Waals surface area contributed by atoms with Crippen molar-refractivity contribution in [2.75, 3.05) is 19.3 Å². The lowest BCUT2D eigenvalue weighted by molar-refractivity contribution is -0.140. The fraction of sp³-hybridized carbons (Fsp3) is 0.348. The van der Waals surface area contributed by atoms with Crippen molar-refractivity contribution in [2.45, 2.75) is 37.1 Å². The van der Waals surface area contributed by atoms with Crippen LogP contribution in [0.4, 0.5) is 0 Å². The van der Waals surface area contributed by atoms with Gasteiger partial charge >= 0.3 is 5.69 Å². The van der Waals surface area contributed by atoms with Crippen LogP contribution in [0.15, 0.2) is 45.5 Å². The van der Waals surface area contributed by atoms with Crippen LogP contribution in [0.25, 0.3) is 33.2 Å². The van der Waals surface area contributed by atoms with E-state index in [0.717, 1.165) is 0 Å². The number of carbonyl (C=O) groups excluding carboxylic acids is 1. The quantitative estimate of drug-likeness (QED) is 0.244. The Morgan fingerprint density at radius 2 is 1.86 bits per heavy atom. The minimum atomic E-state index is -1.07. The first-order valence-corrected chi connectivity index (χ1v) is 12.4. The smallest absolute Gasteiger partial charge is 0.329 e. The molecular formula is C23H23N7O4S. The molecule has 2 N–H and O–H groups in total. The van der Waals surface area contributed by atoms with Gasteiger partial charge in [-0.3, -0.25) is 24.1 Å². The number of fused-ring (bicyclic) bond motifs is 3. The number of hydrogen-bond acceptors (Lipinski definition) is 9. The van der Waals surface area contributed by atoms with Gasteiger partial charge in [0.1, 0.15) is 11.6 Å². The number of likely N-dealkylation sites (tertiary alicyclic amines) is 1. The lowest BCUT2D eigenvalue weighted by Gasteiger charge is -2.34. The first-order chi connectivity index (χ1) is 16.9. The van der Waals surface area contributed by atoms with Gasteiger partial charge in [-0.2, -0.15) is 0 Å². The highest BCUT2D eigenvalue weighted by atomic mass is 32.2. The number of H-pyrrole nitrogens is 1. The van der Waals surface area contributed by atoms with E-state index in [9.17, 15) is 19.5 Å². The predicted molar refractivity (Wildman–Crippen MR) is 131 cm³/mol. The number of aromatic nitrogens is 6.